The topological polar surface area (TPSA) is 64.1 Å². The van der Waals surface area contributed by atoms with Crippen LogP contribution in [0.3, 0.4) is 0 Å². The van der Waals surface area contributed by atoms with Crippen LogP contribution in [-0.2, 0) is 33.9 Å². The molecule has 12 rings (SSSR count). The molecule has 11 aromatic rings. The molecule has 0 saturated heterocycles. The maximum absolute atomic E-state index is 11.2. The van der Waals surface area contributed by atoms with Crippen LogP contribution in [0, 0.1) is 19.9 Å². The number of aromatic nitrogens is 3. The Labute approximate surface area is 385 Å². The van der Waals surface area contributed by atoms with Crippen molar-refractivity contribution in [2.45, 2.75) is 26.7 Å². The van der Waals surface area contributed by atoms with Gasteiger partial charge in [0.1, 0.15) is 17.0 Å². The van der Waals surface area contributed by atoms with Crippen molar-refractivity contribution in [3.05, 3.63) is 204 Å². The summed E-state index contributed by atoms with van der Waals surface area (Å²) in [4.78, 5) is 11.0. The maximum Gasteiger partial charge on any atom is 0.163 e. The number of benzene rings is 8. The average Bonchev–Trinajstić information content (AvgIpc) is 3.90. The van der Waals surface area contributed by atoms with E-state index < -0.39 is 0 Å². The first-order valence-corrected chi connectivity index (χ1v) is 21.5. The van der Waals surface area contributed by atoms with Crippen LogP contribution >= 0.6 is 0 Å². The van der Waals surface area contributed by atoms with E-state index >= 15 is 0 Å². The van der Waals surface area contributed by atoms with E-state index in [1.165, 1.54) is 0 Å². The van der Waals surface area contributed by atoms with Crippen molar-refractivity contribution < 1.29 is 30.6 Å². The number of hydrogen-bond donors (Lipinski definition) is 1. The third-order valence-electron chi connectivity index (χ3n) is 12.8. The van der Waals surface area contributed by atoms with Gasteiger partial charge in [-0.1, -0.05) is 162 Å². The number of nitrogens with zero attached hydrogens (tertiary/aromatic N) is 3. The SMILES string of the molecule is Cc1cccc(C)c1-n1c(-c2ccc3c(n2)-c2c(O)cccc2CC3)nc2c(-c3[c-]c(-c4c(-c5ccccc5)cccc4-c4ccccc4)c4oc5ccccc5c4c3)cccc21.[Pt]. The van der Waals surface area contributed by atoms with Gasteiger partial charge >= 0.3 is 0 Å². The third-order valence-corrected chi connectivity index (χ3v) is 12.8. The number of hydrogen-bond acceptors (Lipinski definition) is 4. The van der Waals surface area contributed by atoms with Crippen molar-refractivity contribution in [2.75, 3.05) is 0 Å². The van der Waals surface area contributed by atoms with Crippen molar-refractivity contribution in [1.82, 2.24) is 14.5 Å². The van der Waals surface area contributed by atoms with Gasteiger partial charge < -0.3 is 9.52 Å². The Morgan fingerprint density at radius 3 is 1.97 bits per heavy atom. The van der Waals surface area contributed by atoms with E-state index in [0.717, 1.165) is 141 Å². The minimum absolute atomic E-state index is 0. The zero-order chi connectivity index (χ0) is 42.2. The van der Waals surface area contributed by atoms with Crippen molar-refractivity contribution in [3.63, 3.8) is 0 Å². The Balaban J connectivity index is 0.00000456. The Morgan fingerprint density at radius 1 is 0.578 bits per heavy atom. The minimum Gasteiger partial charge on any atom is -0.507 e. The summed E-state index contributed by atoms with van der Waals surface area (Å²) in [6.45, 7) is 4.31. The number of rotatable bonds is 6. The summed E-state index contributed by atoms with van der Waals surface area (Å²) in [7, 11) is 0. The summed E-state index contributed by atoms with van der Waals surface area (Å²) in [6, 6.07) is 65.1. The molecule has 6 heteroatoms. The summed E-state index contributed by atoms with van der Waals surface area (Å²) in [5.74, 6) is 0.984. The van der Waals surface area contributed by atoms with Crippen molar-refractivity contribution in [2.24, 2.45) is 0 Å². The molecule has 1 N–H and O–H groups in total. The normalized spacial score (nSPS) is 12.0. The van der Waals surface area contributed by atoms with E-state index in [0.29, 0.717) is 0 Å². The molecule has 0 atom stereocenters. The first-order valence-electron chi connectivity index (χ1n) is 21.5. The molecule has 310 valence electrons. The van der Waals surface area contributed by atoms with Gasteiger partial charge in [-0.05, 0) is 101 Å². The second-order valence-corrected chi connectivity index (χ2v) is 16.6. The van der Waals surface area contributed by atoms with Gasteiger partial charge in [-0.3, -0.25) is 4.57 Å². The predicted octanol–water partition coefficient (Wildman–Crippen LogP) is 14.5. The molecule has 0 fully saturated rings. The van der Waals surface area contributed by atoms with Gasteiger partial charge in [-0.25, -0.2) is 9.97 Å². The molecule has 3 heterocycles. The summed E-state index contributed by atoms with van der Waals surface area (Å²) >= 11 is 0. The molecular weight excluding hydrogens is 966 g/mol. The molecule has 0 bridgehead atoms. The molecular formula is C58H40N3O2Pt-. The third kappa shape index (κ3) is 6.33. The number of imidazole rings is 1. The van der Waals surface area contributed by atoms with Gasteiger partial charge in [0.25, 0.3) is 0 Å². The fraction of sp³-hybridized carbons (Fsp3) is 0.0690. The van der Waals surface area contributed by atoms with Crippen LogP contribution in [0.25, 0.3) is 106 Å². The molecule has 0 amide bonds. The smallest absolute Gasteiger partial charge is 0.163 e. The second-order valence-electron chi connectivity index (χ2n) is 16.6. The molecule has 0 unspecified atom stereocenters. The number of para-hydroxylation sites is 3. The van der Waals surface area contributed by atoms with Gasteiger partial charge in [0.2, 0.25) is 0 Å². The van der Waals surface area contributed by atoms with Gasteiger partial charge in [0, 0.05) is 32.0 Å². The predicted molar refractivity (Wildman–Crippen MR) is 256 cm³/mol. The van der Waals surface area contributed by atoms with Crippen LogP contribution in [0.4, 0.5) is 0 Å². The van der Waals surface area contributed by atoms with Crippen molar-refractivity contribution >= 4 is 33.0 Å². The first kappa shape index (κ1) is 39.5. The Kier molecular flexibility index (Phi) is 9.74. The fourth-order valence-corrected chi connectivity index (χ4v) is 9.87. The Hall–Kier alpha value is -7.33. The van der Waals surface area contributed by atoms with Gasteiger partial charge in [-0.2, -0.15) is 0 Å². The van der Waals surface area contributed by atoms with E-state index in [-0.39, 0.29) is 26.8 Å². The van der Waals surface area contributed by atoms with E-state index in [1.807, 2.05) is 18.2 Å². The first-order chi connectivity index (χ1) is 31.0. The van der Waals surface area contributed by atoms with Crippen LogP contribution < -0.4 is 0 Å². The molecule has 8 aromatic carbocycles. The molecule has 5 nitrogen and oxygen atoms in total. The summed E-state index contributed by atoms with van der Waals surface area (Å²) in [5.41, 5.74) is 19.5. The van der Waals surface area contributed by atoms with Crippen molar-refractivity contribution in [1.29, 1.82) is 0 Å². The number of furan rings is 1. The average molecular weight is 1010 g/mol. The summed E-state index contributed by atoms with van der Waals surface area (Å²) in [6.07, 6.45) is 1.72. The Bertz CT molecular complexity index is 3530. The number of pyridine rings is 1. The molecule has 3 aromatic heterocycles. The molecule has 1 aliphatic carbocycles. The van der Waals surface area contributed by atoms with Gasteiger partial charge in [-0.15, -0.1) is 17.7 Å². The quantitative estimate of drug-likeness (QED) is 0.169. The number of phenolic OH excluding ortho intramolecular Hbond substituents is 1. The molecule has 64 heavy (non-hydrogen) atoms. The van der Waals surface area contributed by atoms with E-state index in [4.69, 9.17) is 14.4 Å². The molecule has 0 radical (unpaired) electrons. The summed E-state index contributed by atoms with van der Waals surface area (Å²) < 4.78 is 9.14. The maximum atomic E-state index is 11.2. The zero-order valence-electron chi connectivity index (χ0n) is 35.2. The van der Waals surface area contributed by atoms with Gasteiger partial charge in [0.05, 0.1) is 28.0 Å². The number of aryl methyl sites for hydroxylation is 4. The van der Waals surface area contributed by atoms with Crippen LogP contribution in [0.5, 0.6) is 5.75 Å². The summed E-state index contributed by atoms with van der Waals surface area (Å²) in [5, 5.41) is 13.2. The molecule has 1 aliphatic rings. The Morgan fingerprint density at radius 2 is 1.22 bits per heavy atom. The van der Waals surface area contributed by atoms with Gasteiger partial charge in [0.15, 0.2) is 5.82 Å². The molecule has 0 spiro atoms. The standard InChI is InChI=1S/C58H40N3O2.Pt/c1-35-15-11-16-36(2)56(35)61-49-26-14-25-44(55(49)60-58(61)48-32-31-40-30-29-39-21-12-27-50(62)52(39)54(40)59-48)41-33-46-45-22-9-10-28-51(45)63-57(46)47(34-41)53-42(37-17-5-3-6-18-37)23-13-24-43(53)38-19-7-4-8-20-38;/h3-28,31-33,62H,29-30H2,1-2H3;/q-1;. The van der Waals surface area contributed by atoms with Crippen LogP contribution in [-0.4, -0.2) is 19.6 Å². The van der Waals surface area contributed by atoms with E-state index in [1.54, 1.807) is 6.07 Å². The van der Waals surface area contributed by atoms with Crippen molar-refractivity contribution in [3.8, 4) is 78.7 Å². The van der Waals surface area contributed by atoms with E-state index in [2.05, 4.69) is 176 Å². The minimum atomic E-state index is 0. The second kappa shape index (κ2) is 15.8. The number of phenols is 1. The van der Waals surface area contributed by atoms with Crippen LogP contribution in [0.1, 0.15) is 22.3 Å². The van der Waals surface area contributed by atoms with E-state index in [9.17, 15) is 5.11 Å². The zero-order valence-corrected chi connectivity index (χ0v) is 37.4. The van der Waals surface area contributed by atoms with Crippen LogP contribution in [0.15, 0.2) is 180 Å². The molecule has 0 saturated carbocycles. The monoisotopic (exact) mass is 1010 g/mol. The van der Waals surface area contributed by atoms with Crippen LogP contribution in [0.2, 0.25) is 0 Å². The number of aromatic hydroxyl groups is 1. The number of fused-ring (bicyclic) bond motifs is 7. The largest absolute Gasteiger partial charge is 0.507 e. The fourth-order valence-electron chi connectivity index (χ4n) is 9.87. The molecule has 0 aliphatic heterocycles.